The molecule has 0 aliphatic heterocycles. The number of hydrogen-bond donors (Lipinski definition) is 6. The average molecular weight is 909 g/mol. The summed E-state index contributed by atoms with van der Waals surface area (Å²) in [6, 6.07) is 0. The van der Waals surface area contributed by atoms with Crippen LogP contribution in [-0.4, -0.2) is 98.9 Å². The number of carbonyl (C=O) groups excluding carboxylic acids is 1. The standard InChI is InChI=1S/C49H97O12P/c1-3-5-7-9-11-13-15-17-19-20-21-22-23-25-27-29-31-33-35-37-39-58-40-42(41-59-62(56,57)61-49-47(54)45(52)44(51)46(53)48(49)55)60-43(50)38-36-34-32-30-28-26-24-18-16-14-12-10-8-6-4-2/h42,44-49,51-55H,3-41H2,1-2H3,(H,56,57). The third-order valence-corrected chi connectivity index (χ3v) is 13.5. The van der Waals surface area contributed by atoms with Gasteiger partial charge in [0, 0.05) is 13.0 Å². The number of ether oxygens (including phenoxy) is 2. The molecule has 0 amide bonds. The first kappa shape index (κ1) is 59.4. The lowest BCUT2D eigenvalue weighted by atomic mass is 9.85. The van der Waals surface area contributed by atoms with Gasteiger partial charge in [0.15, 0.2) is 0 Å². The van der Waals surface area contributed by atoms with E-state index in [4.69, 9.17) is 18.5 Å². The van der Waals surface area contributed by atoms with Crippen molar-refractivity contribution in [3.05, 3.63) is 0 Å². The van der Waals surface area contributed by atoms with E-state index in [0.717, 1.165) is 38.5 Å². The minimum Gasteiger partial charge on any atom is -0.457 e. The van der Waals surface area contributed by atoms with E-state index < -0.39 is 63.1 Å². The summed E-state index contributed by atoms with van der Waals surface area (Å²) >= 11 is 0. The second-order valence-corrected chi connectivity index (χ2v) is 19.8. The highest BCUT2D eigenvalue weighted by molar-refractivity contribution is 7.47. The van der Waals surface area contributed by atoms with E-state index in [-0.39, 0.29) is 13.0 Å². The molecule has 1 fully saturated rings. The minimum absolute atomic E-state index is 0.0674. The van der Waals surface area contributed by atoms with Crippen molar-refractivity contribution in [2.45, 2.75) is 288 Å². The Kier molecular flexibility index (Phi) is 38.9. The molecule has 1 aliphatic rings. The highest BCUT2D eigenvalue weighted by atomic mass is 31.2. The van der Waals surface area contributed by atoms with Crippen LogP contribution in [0.25, 0.3) is 0 Å². The van der Waals surface area contributed by atoms with E-state index in [9.17, 15) is 39.8 Å². The molecule has 1 saturated carbocycles. The summed E-state index contributed by atoms with van der Waals surface area (Å²) < 4.78 is 34.3. The zero-order chi connectivity index (χ0) is 45.5. The zero-order valence-electron chi connectivity index (χ0n) is 39.7. The van der Waals surface area contributed by atoms with Gasteiger partial charge in [0.2, 0.25) is 0 Å². The fourth-order valence-corrected chi connectivity index (χ4v) is 9.33. The predicted molar refractivity (Wildman–Crippen MR) is 249 cm³/mol. The number of phosphoric ester groups is 1. The average Bonchev–Trinajstić information content (AvgIpc) is 3.26. The Hall–Kier alpha value is -0.660. The number of phosphoric acid groups is 1. The van der Waals surface area contributed by atoms with Gasteiger partial charge in [-0.05, 0) is 12.8 Å². The van der Waals surface area contributed by atoms with Gasteiger partial charge in [0.05, 0.1) is 13.2 Å². The molecule has 6 N–H and O–H groups in total. The van der Waals surface area contributed by atoms with Gasteiger partial charge in [-0.15, -0.1) is 0 Å². The first-order chi connectivity index (χ1) is 30.0. The van der Waals surface area contributed by atoms with E-state index in [1.807, 2.05) is 0 Å². The van der Waals surface area contributed by atoms with Crippen LogP contribution < -0.4 is 0 Å². The van der Waals surface area contributed by atoms with Gasteiger partial charge in [-0.3, -0.25) is 13.8 Å². The molecular formula is C49H97O12P. The molecule has 0 radical (unpaired) electrons. The van der Waals surface area contributed by atoms with Gasteiger partial charge in [0.1, 0.15) is 42.7 Å². The third kappa shape index (κ3) is 32.1. The van der Waals surface area contributed by atoms with Crippen LogP contribution in [0, 0.1) is 0 Å². The van der Waals surface area contributed by atoms with Gasteiger partial charge in [-0.25, -0.2) is 4.57 Å². The van der Waals surface area contributed by atoms with Crippen LogP contribution >= 0.6 is 7.82 Å². The Morgan fingerprint density at radius 3 is 1.11 bits per heavy atom. The molecule has 62 heavy (non-hydrogen) atoms. The highest BCUT2D eigenvalue weighted by Crippen LogP contribution is 2.47. The summed E-state index contributed by atoms with van der Waals surface area (Å²) in [5.41, 5.74) is 0. The van der Waals surface area contributed by atoms with Crippen LogP contribution in [0.1, 0.15) is 245 Å². The van der Waals surface area contributed by atoms with Gasteiger partial charge in [-0.1, -0.05) is 226 Å². The summed E-state index contributed by atoms with van der Waals surface area (Å²) in [6.45, 7) is 4.32. The number of carbonyl (C=O) groups is 1. The Morgan fingerprint density at radius 1 is 0.452 bits per heavy atom. The minimum atomic E-state index is -5.01. The van der Waals surface area contributed by atoms with Crippen LogP contribution in [0.15, 0.2) is 0 Å². The van der Waals surface area contributed by atoms with E-state index in [2.05, 4.69) is 13.8 Å². The molecule has 370 valence electrons. The second kappa shape index (κ2) is 40.6. The zero-order valence-corrected chi connectivity index (χ0v) is 40.6. The maximum atomic E-state index is 12.8. The van der Waals surface area contributed by atoms with Crippen molar-refractivity contribution in [3.8, 4) is 0 Å². The maximum absolute atomic E-state index is 12.8. The first-order valence-corrected chi connectivity index (χ1v) is 27.4. The Bertz CT molecular complexity index is 1040. The van der Waals surface area contributed by atoms with Crippen LogP contribution in [0.4, 0.5) is 0 Å². The lowest BCUT2D eigenvalue weighted by Gasteiger charge is -2.41. The monoisotopic (exact) mass is 909 g/mol. The normalized spacial score (nSPS) is 21.9. The highest BCUT2D eigenvalue weighted by Gasteiger charge is 2.51. The predicted octanol–water partition coefficient (Wildman–Crippen LogP) is 11.3. The number of rotatable bonds is 45. The first-order valence-electron chi connectivity index (χ1n) is 25.9. The van der Waals surface area contributed by atoms with E-state index in [0.29, 0.717) is 13.0 Å². The van der Waals surface area contributed by atoms with Crippen LogP contribution in [0.5, 0.6) is 0 Å². The molecule has 6 unspecified atom stereocenters. The maximum Gasteiger partial charge on any atom is 0.472 e. The van der Waals surface area contributed by atoms with Crippen molar-refractivity contribution < 1.29 is 58.3 Å². The number of esters is 1. The molecular weight excluding hydrogens is 812 g/mol. The summed E-state index contributed by atoms with van der Waals surface area (Å²) in [4.78, 5) is 23.2. The van der Waals surface area contributed by atoms with Crippen LogP contribution in [0.3, 0.4) is 0 Å². The summed E-state index contributed by atoms with van der Waals surface area (Å²) in [6.07, 6.45) is 31.7. The summed E-state index contributed by atoms with van der Waals surface area (Å²) in [5, 5.41) is 50.3. The van der Waals surface area contributed by atoms with Gasteiger partial charge in [-0.2, -0.15) is 0 Å². The Labute approximate surface area is 378 Å². The van der Waals surface area contributed by atoms with Crippen LogP contribution in [-0.2, 0) is 27.9 Å². The van der Waals surface area contributed by atoms with Crippen molar-refractivity contribution in [2.24, 2.45) is 0 Å². The number of hydrogen-bond acceptors (Lipinski definition) is 11. The van der Waals surface area contributed by atoms with Crippen molar-refractivity contribution in [2.75, 3.05) is 19.8 Å². The van der Waals surface area contributed by atoms with Gasteiger partial charge >= 0.3 is 13.8 Å². The molecule has 0 aromatic carbocycles. The van der Waals surface area contributed by atoms with Gasteiger partial charge in [0.25, 0.3) is 0 Å². The van der Waals surface area contributed by atoms with Gasteiger partial charge < -0.3 is 39.9 Å². The topological polar surface area (TPSA) is 192 Å². The molecule has 0 aromatic heterocycles. The van der Waals surface area contributed by atoms with Crippen LogP contribution in [0.2, 0.25) is 0 Å². The molecule has 0 bridgehead atoms. The lowest BCUT2D eigenvalue weighted by molar-refractivity contribution is -0.220. The SMILES string of the molecule is CCCCCCCCCCCCCCCCCCCCCCOCC(COP(=O)(O)OC1C(O)C(O)C(O)C(O)C1O)OC(=O)CCCCCCCCCCCCCCCCC. The molecule has 12 nitrogen and oxygen atoms in total. The second-order valence-electron chi connectivity index (χ2n) is 18.4. The van der Waals surface area contributed by atoms with Crippen molar-refractivity contribution >= 4 is 13.8 Å². The molecule has 1 aliphatic carbocycles. The Morgan fingerprint density at radius 2 is 0.758 bits per heavy atom. The van der Waals surface area contributed by atoms with Crippen molar-refractivity contribution in [1.82, 2.24) is 0 Å². The summed E-state index contributed by atoms with van der Waals surface area (Å²) in [5.74, 6) is -0.470. The van der Waals surface area contributed by atoms with Crippen molar-refractivity contribution in [1.29, 1.82) is 0 Å². The number of aliphatic hydroxyl groups excluding tert-OH is 5. The van der Waals surface area contributed by atoms with E-state index >= 15 is 0 Å². The van der Waals surface area contributed by atoms with E-state index in [1.165, 1.54) is 180 Å². The smallest absolute Gasteiger partial charge is 0.457 e. The largest absolute Gasteiger partial charge is 0.472 e. The molecule has 0 aromatic rings. The lowest BCUT2D eigenvalue weighted by Crippen LogP contribution is -2.64. The fraction of sp³-hybridized carbons (Fsp3) is 0.980. The third-order valence-electron chi connectivity index (χ3n) is 12.5. The molecule has 6 atom stereocenters. The molecule has 0 spiro atoms. The number of aliphatic hydroxyl groups is 5. The fourth-order valence-electron chi connectivity index (χ4n) is 8.36. The number of unbranched alkanes of at least 4 members (excludes halogenated alkanes) is 33. The molecule has 0 heterocycles. The van der Waals surface area contributed by atoms with Crippen molar-refractivity contribution in [3.63, 3.8) is 0 Å². The molecule has 0 saturated heterocycles. The molecule has 13 heteroatoms. The van der Waals surface area contributed by atoms with E-state index in [1.54, 1.807) is 0 Å². The quantitative estimate of drug-likeness (QED) is 0.0193. The molecule has 1 rings (SSSR count). The summed E-state index contributed by atoms with van der Waals surface area (Å²) in [7, 11) is -5.01. The Balaban J connectivity index is 2.31.